The zero-order valence-corrected chi connectivity index (χ0v) is 13.0. The second-order valence-electron chi connectivity index (χ2n) is 6.85. The van der Waals surface area contributed by atoms with E-state index >= 15 is 0 Å². The van der Waals surface area contributed by atoms with Gasteiger partial charge in [0.1, 0.15) is 0 Å². The van der Waals surface area contributed by atoms with E-state index in [2.05, 4.69) is 34.6 Å². The van der Waals surface area contributed by atoms with E-state index in [0.717, 1.165) is 13.0 Å². The van der Waals surface area contributed by atoms with Crippen LogP contribution in [0.15, 0.2) is 0 Å². The molecule has 17 heavy (non-hydrogen) atoms. The standard InChI is InChI=1S/C15H33NO/c1-8-15(5,6)12-14(13(3)4)10-11-16(7,17)9-2/h13-14H,8-12H2,1-7H3/t14-,16?/m0/s1. The van der Waals surface area contributed by atoms with Gasteiger partial charge in [0.2, 0.25) is 0 Å². The minimum Gasteiger partial charge on any atom is -0.633 e. The summed E-state index contributed by atoms with van der Waals surface area (Å²) in [7, 11) is 1.79. The van der Waals surface area contributed by atoms with Crippen LogP contribution >= 0.6 is 0 Å². The van der Waals surface area contributed by atoms with Crippen LogP contribution in [0.4, 0.5) is 0 Å². The molecule has 0 bridgehead atoms. The number of quaternary nitrogens is 1. The first kappa shape index (κ1) is 16.9. The van der Waals surface area contributed by atoms with Crippen molar-refractivity contribution in [3.63, 3.8) is 0 Å². The topological polar surface area (TPSA) is 23.1 Å². The number of rotatable bonds is 8. The van der Waals surface area contributed by atoms with Gasteiger partial charge in [0.25, 0.3) is 0 Å². The Hall–Kier alpha value is -0.0800. The molecule has 0 aromatic heterocycles. The molecular weight excluding hydrogens is 210 g/mol. The summed E-state index contributed by atoms with van der Waals surface area (Å²) in [5.74, 6) is 1.36. The Bertz CT molecular complexity index is 209. The van der Waals surface area contributed by atoms with Crippen molar-refractivity contribution in [3.8, 4) is 0 Å². The van der Waals surface area contributed by atoms with Crippen molar-refractivity contribution in [2.24, 2.45) is 17.3 Å². The minimum absolute atomic E-state index is 0.0875. The number of hydrogen-bond donors (Lipinski definition) is 0. The third kappa shape index (κ3) is 7.05. The molecule has 0 fully saturated rings. The van der Waals surface area contributed by atoms with E-state index in [-0.39, 0.29) is 4.65 Å². The number of hydrogen-bond acceptors (Lipinski definition) is 1. The van der Waals surface area contributed by atoms with Gasteiger partial charge in [-0.3, -0.25) is 0 Å². The summed E-state index contributed by atoms with van der Waals surface area (Å²) in [6, 6.07) is 0. The van der Waals surface area contributed by atoms with Gasteiger partial charge in [0.15, 0.2) is 0 Å². The third-order valence-electron chi connectivity index (χ3n) is 4.36. The lowest BCUT2D eigenvalue weighted by molar-refractivity contribution is -0.859. The van der Waals surface area contributed by atoms with Gasteiger partial charge in [-0.1, -0.05) is 41.0 Å². The Labute approximate surface area is 109 Å². The SMILES string of the molecule is CCC(C)(C)C[C@H](CC[N+](C)([O-])CC)C(C)C. The van der Waals surface area contributed by atoms with Gasteiger partial charge in [-0.25, -0.2) is 0 Å². The third-order valence-corrected chi connectivity index (χ3v) is 4.36. The maximum atomic E-state index is 12.0. The maximum Gasteiger partial charge on any atom is 0.0784 e. The first-order chi connectivity index (χ1) is 7.63. The lowest BCUT2D eigenvalue weighted by atomic mass is 9.75. The summed E-state index contributed by atoms with van der Waals surface area (Å²) in [6.07, 6.45) is 3.52. The molecular formula is C15H33NO. The molecule has 0 spiro atoms. The Morgan fingerprint density at radius 3 is 2.06 bits per heavy atom. The summed E-state index contributed by atoms with van der Waals surface area (Å²) in [4.78, 5) is 0. The van der Waals surface area contributed by atoms with Crippen LogP contribution in [-0.4, -0.2) is 24.8 Å². The molecule has 0 rings (SSSR count). The molecule has 0 amide bonds. The molecule has 0 N–H and O–H groups in total. The molecule has 0 saturated heterocycles. The Kier molecular flexibility index (Phi) is 6.71. The molecule has 2 heteroatoms. The molecule has 2 nitrogen and oxygen atoms in total. The average molecular weight is 243 g/mol. The van der Waals surface area contributed by atoms with E-state index in [1.54, 1.807) is 7.05 Å². The Morgan fingerprint density at radius 2 is 1.71 bits per heavy atom. The Morgan fingerprint density at radius 1 is 1.18 bits per heavy atom. The fourth-order valence-corrected chi connectivity index (χ4v) is 2.12. The average Bonchev–Trinajstić information content (AvgIpc) is 2.24. The highest BCUT2D eigenvalue weighted by Crippen LogP contribution is 2.34. The van der Waals surface area contributed by atoms with Crippen LogP contribution in [0.1, 0.15) is 60.8 Å². The van der Waals surface area contributed by atoms with Crippen LogP contribution in [0.3, 0.4) is 0 Å². The minimum atomic E-state index is -0.0875. The number of hydroxylamine groups is 3. The van der Waals surface area contributed by atoms with Gasteiger partial charge in [-0.2, -0.15) is 0 Å². The van der Waals surface area contributed by atoms with Crippen LogP contribution in [0.25, 0.3) is 0 Å². The summed E-state index contributed by atoms with van der Waals surface area (Å²) < 4.78 is -0.0875. The molecule has 0 aliphatic carbocycles. The van der Waals surface area contributed by atoms with Crippen LogP contribution in [0.2, 0.25) is 0 Å². The fourth-order valence-electron chi connectivity index (χ4n) is 2.12. The normalized spacial score (nSPS) is 18.2. The highest BCUT2D eigenvalue weighted by Gasteiger charge is 2.25. The van der Waals surface area contributed by atoms with Crippen molar-refractivity contribution >= 4 is 0 Å². The second kappa shape index (κ2) is 6.75. The fraction of sp³-hybridized carbons (Fsp3) is 1.00. The first-order valence-corrected chi connectivity index (χ1v) is 7.19. The smallest absolute Gasteiger partial charge is 0.0784 e. The van der Waals surface area contributed by atoms with Crippen LogP contribution in [-0.2, 0) is 0 Å². The highest BCUT2D eigenvalue weighted by molar-refractivity contribution is 4.74. The molecule has 1 unspecified atom stereocenters. The van der Waals surface area contributed by atoms with Crippen molar-refractivity contribution in [1.29, 1.82) is 0 Å². The van der Waals surface area contributed by atoms with Crippen LogP contribution < -0.4 is 0 Å². The summed E-state index contributed by atoms with van der Waals surface area (Å²) in [5.41, 5.74) is 0.410. The van der Waals surface area contributed by atoms with E-state index in [9.17, 15) is 5.21 Å². The van der Waals surface area contributed by atoms with Crippen molar-refractivity contribution < 1.29 is 4.65 Å². The molecule has 0 aliphatic heterocycles. The van der Waals surface area contributed by atoms with Crippen molar-refractivity contribution in [2.75, 3.05) is 20.1 Å². The van der Waals surface area contributed by atoms with Gasteiger partial charge in [0, 0.05) is 0 Å². The summed E-state index contributed by atoms with van der Waals surface area (Å²) >= 11 is 0. The number of nitrogens with zero attached hydrogens (tertiary/aromatic N) is 1. The lowest BCUT2D eigenvalue weighted by Gasteiger charge is -2.40. The zero-order chi connectivity index (χ0) is 13.7. The lowest BCUT2D eigenvalue weighted by Crippen LogP contribution is -2.39. The molecule has 0 aromatic rings. The monoisotopic (exact) mass is 243 g/mol. The summed E-state index contributed by atoms with van der Waals surface area (Å²) in [5, 5.41) is 12.0. The second-order valence-corrected chi connectivity index (χ2v) is 6.85. The predicted molar refractivity (Wildman–Crippen MR) is 76.6 cm³/mol. The zero-order valence-electron chi connectivity index (χ0n) is 13.0. The van der Waals surface area contributed by atoms with Gasteiger partial charge in [-0.05, 0) is 37.0 Å². The van der Waals surface area contributed by atoms with Crippen molar-refractivity contribution in [3.05, 3.63) is 5.21 Å². The van der Waals surface area contributed by atoms with E-state index in [4.69, 9.17) is 0 Å². The van der Waals surface area contributed by atoms with Crippen molar-refractivity contribution in [1.82, 2.24) is 0 Å². The van der Waals surface area contributed by atoms with Crippen molar-refractivity contribution in [2.45, 2.75) is 60.8 Å². The largest absolute Gasteiger partial charge is 0.633 e. The molecule has 0 aliphatic rings. The highest BCUT2D eigenvalue weighted by atomic mass is 16.5. The van der Waals surface area contributed by atoms with E-state index in [1.807, 2.05) is 6.92 Å². The molecule has 0 radical (unpaired) electrons. The maximum absolute atomic E-state index is 12.0. The van der Waals surface area contributed by atoms with Crippen LogP contribution in [0.5, 0.6) is 0 Å². The molecule has 2 atom stereocenters. The molecule has 0 saturated carbocycles. The van der Waals surface area contributed by atoms with Gasteiger partial charge < -0.3 is 9.85 Å². The van der Waals surface area contributed by atoms with Gasteiger partial charge >= 0.3 is 0 Å². The first-order valence-electron chi connectivity index (χ1n) is 7.19. The van der Waals surface area contributed by atoms with Gasteiger partial charge in [0.05, 0.1) is 20.1 Å². The Balaban J connectivity index is 4.36. The molecule has 104 valence electrons. The van der Waals surface area contributed by atoms with E-state index < -0.39 is 0 Å². The molecule has 0 heterocycles. The van der Waals surface area contributed by atoms with Crippen LogP contribution in [0, 0.1) is 22.5 Å². The van der Waals surface area contributed by atoms with Gasteiger partial charge in [-0.15, -0.1) is 0 Å². The predicted octanol–water partition coefficient (Wildman–Crippen LogP) is 4.44. The van der Waals surface area contributed by atoms with E-state index in [1.165, 1.54) is 12.8 Å². The molecule has 0 aromatic carbocycles. The quantitative estimate of drug-likeness (QED) is 0.456. The summed E-state index contributed by atoms with van der Waals surface area (Å²) in [6.45, 7) is 14.9. The van der Waals surface area contributed by atoms with E-state index in [0.29, 0.717) is 23.8 Å².